The Hall–Kier alpha value is -0.300. The molecule has 0 radical (unpaired) electrons. The maximum Gasteiger partial charge on any atom is 0.316 e. The molecular weight excluding hydrogens is 211 g/mol. The zero-order valence-electron chi connectivity index (χ0n) is 10.3. The first-order valence-corrected chi connectivity index (χ1v) is 7.90. The molecule has 4 heteroatoms. The molecule has 0 N–H and O–H groups in total. The summed E-state index contributed by atoms with van der Waals surface area (Å²) in [4.78, 5) is 11.5. The van der Waals surface area contributed by atoms with Crippen molar-refractivity contribution in [3.63, 3.8) is 0 Å². The second kappa shape index (κ2) is 7.05. The Kier molecular flexibility index (Phi) is 6.91. The molecule has 0 aliphatic carbocycles. The molecule has 15 heavy (non-hydrogen) atoms. The number of hydrogen-bond acceptors (Lipinski definition) is 3. The SMILES string of the molecule is CCCP(=O)(CCC)C(C)C(=O)OCC. The van der Waals surface area contributed by atoms with E-state index in [0.717, 1.165) is 12.8 Å². The number of hydrogen-bond donors (Lipinski definition) is 0. The molecule has 3 nitrogen and oxygen atoms in total. The van der Waals surface area contributed by atoms with Crippen LogP contribution in [0.25, 0.3) is 0 Å². The van der Waals surface area contributed by atoms with Gasteiger partial charge in [-0.05, 0) is 26.7 Å². The maximum absolute atomic E-state index is 12.5. The quantitative estimate of drug-likeness (QED) is 0.502. The molecule has 0 saturated carbocycles. The fourth-order valence-corrected chi connectivity index (χ4v) is 4.68. The van der Waals surface area contributed by atoms with E-state index in [1.165, 1.54) is 0 Å². The lowest BCUT2D eigenvalue weighted by Gasteiger charge is -2.22. The highest BCUT2D eigenvalue weighted by Gasteiger charge is 2.33. The second-order valence-corrected chi connectivity index (χ2v) is 7.40. The molecular formula is C11H23O3P. The van der Waals surface area contributed by atoms with E-state index in [0.29, 0.717) is 18.9 Å². The van der Waals surface area contributed by atoms with Crippen LogP contribution >= 0.6 is 7.14 Å². The molecule has 0 rings (SSSR count). The molecule has 1 unspecified atom stereocenters. The van der Waals surface area contributed by atoms with E-state index in [1.807, 2.05) is 13.8 Å². The number of rotatable bonds is 7. The fourth-order valence-electron chi connectivity index (χ4n) is 1.71. The number of carbonyl (C=O) groups excluding carboxylic acids is 1. The van der Waals surface area contributed by atoms with Gasteiger partial charge < -0.3 is 9.30 Å². The van der Waals surface area contributed by atoms with Crippen molar-refractivity contribution in [1.29, 1.82) is 0 Å². The van der Waals surface area contributed by atoms with Gasteiger partial charge in [0.05, 0.1) is 6.61 Å². The van der Waals surface area contributed by atoms with Crippen LogP contribution in [0.15, 0.2) is 0 Å². The molecule has 0 spiro atoms. The van der Waals surface area contributed by atoms with Crippen LogP contribution in [-0.4, -0.2) is 30.6 Å². The zero-order chi connectivity index (χ0) is 11.9. The second-order valence-electron chi connectivity index (χ2n) is 3.83. The first-order chi connectivity index (χ1) is 7.01. The van der Waals surface area contributed by atoms with Crippen LogP contribution in [0.3, 0.4) is 0 Å². The molecule has 0 aromatic rings. The number of carbonyl (C=O) groups is 1. The van der Waals surface area contributed by atoms with Gasteiger partial charge in [-0.1, -0.05) is 13.8 Å². The van der Waals surface area contributed by atoms with Crippen molar-refractivity contribution in [2.24, 2.45) is 0 Å². The number of esters is 1. The molecule has 0 aromatic carbocycles. The summed E-state index contributed by atoms with van der Waals surface area (Å²) in [6.07, 6.45) is 3.03. The van der Waals surface area contributed by atoms with Gasteiger partial charge in [-0.3, -0.25) is 4.79 Å². The minimum Gasteiger partial charge on any atom is -0.465 e. The molecule has 0 aliphatic heterocycles. The van der Waals surface area contributed by atoms with Crippen LogP contribution in [0.2, 0.25) is 0 Å². The summed E-state index contributed by atoms with van der Waals surface area (Å²) in [6, 6.07) is 0. The summed E-state index contributed by atoms with van der Waals surface area (Å²) in [7, 11) is -2.37. The largest absolute Gasteiger partial charge is 0.465 e. The molecule has 0 aromatic heterocycles. The lowest BCUT2D eigenvalue weighted by molar-refractivity contribution is -0.142. The monoisotopic (exact) mass is 234 g/mol. The number of ether oxygens (including phenoxy) is 1. The van der Waals surface area contributed by atoms with E-state index in [-0.39, 0.29) is 5.97 Å². The molecule has 0 fully saturated rings. The summed E-state index contributed by atoms with van der Waals surface area (Å²) >= 11 is 0. The molecule has 0 bridgehead atoms. The van der Waals surface area contributed by atoms with Gasteiger partial charge in [0.25, 0.3) is 0 Å². The Morgan fingerprint density at radius 2 is 1.67 bits per heavy atom. The van der Waals surface area contributed by atoms with Crippen molar-refractivity contribution >= 4 is 13.1 Å². The van der Waals surface area contributed by atoms with Crippen molar-refractivity contribution in [3.05, 3.63) is 0 Å². The molecule has 90 valence electrons. The van der Waals surface area contributed by atoms with Crippen molar-refractivity contribution < 1.29 is 14.1 Å². The maximum atomic E-state index is 12.5. The lowest BCUT2D eigenvalue weighted by Crippen LogP contribution is -2.23. The predicted molar refractivity (Wildman–Crippen MR) is 64.0 cm³/mol. The summed E-state index contributed by atoms with van der Waals surface area (Å²) in [6.45, 7) is 7.88. The van der Waals surface area contributed by atoms with Gasteiger partial charge in [0, 0.05) is 12.3 Å². The Balaban J connectivity index is 4.60. The Morgan fingerprint density at radius 1 is 1.20 bits per heavy atom. The Labute approximate surface area is 93.0 Å². The summed E-state index contributed by atoms with van der Waals surface area (Å²) in [5.74, 6) is -0.303. The van der Waals surface area contributed by atoms with Crippen molar-refractivity contribution in [1.82, 2.24) is 0 Å². The molecule has 1 atom stereocenters. The topological polar surface area (TPSA) is 43.4 Å². The summed E-state index contributed by atoms with van der Waals surface area (Å²) in [5, 5.41) is 0. The van der Waals surface area contributed by atoms with E-state index in [2.05, 4.69) is 0 Å². The van der Waals surface area contributed by atoms with Gasteiger partial charge >= 0.3 is 5.97 Å². The molecule has 0 heterocycles. The minimum atomic E-state index is -2.37. The predicted octanol–water partition coefficient (Wildman–Crippen LogP) is 3.12. The van der Waals surface area contributed by atoms with Crippen molar-refractivity contribution in [2.75, 3.05) is 18.9 Å². The van der Waals surface area contributed by atoms with Gasteiger partial charge in [-0.15, -0.1) is 0 Å². The summed E-state index contributed by atoms with van der Waals surface area (Å²) < 4.78 is 17.5. The molecule has 0 saturated heterocycles. The van der Waals surface area contributed by atoms with Crippen LogP contribution in [0.4, 0.5) is 0 Å². The fraction of sp³-hybridized carbons (Fsp3) is 0.909. The van der Waals surface area contributed by atoms with E-state index in [1.54, 1.807) is 13.8 Å². The standard InChI is InChI=1S/C11H23O3P/c1-5-8-15(13,9-6-2)10(4)11(12)14-7-3/h10H,5-9H2,1-4H3. The van der Waals surface area contributed by atoms with E-state index in [9.17, 15) is 9.36 Å². The van der Waals surface area contributed by atoms with E-state index in [4.69, 9.17) is 4.74 Å². The first kappa shape index (κ1) is 14.7. The Morgan fingerprint density at radius 3 is 2.00 bits per heavy atom. The van der Waals surface area contributed by atoms with Crippen LogP contribution < -0.4 is 0 Å². The third-order valence-electron chi connectivity index (χ3n) is 2.54. The molecule has 0 amide bonds. The van der Waals surface area contributed by atoms with Gasteiger partial charge in [-0.25, -0.2) is 0 Å². The average Bonchev–Trinajstić information content (AvgIpc) is 2.17. The van der Waals surface area contributed by atoms with Gasteiger partial charge in [0.1, 0.15) is 12.8 Å². The van der Waals surface area contributed by atoms with E-state index >= 15 is 0 Å². The zero-order valence-corrected chi connectivity index (χ0v) is 11.2. The lowest BCUT2D eigenvalue weighted by atomic mass is 10.5. The van der Waals surface area contributed by atoms with Gasteiger partial charge in [0.15, 0.2) is 0 Å². The van der Waals surface area contributed by atoms with Crippen molar-refractivity contribution in [2.45, 2.75) is 46.2 Å². The summed E-state index contributed by atoms with van der Waals surface area (Å²) in [5.41, 5.74) is -0.433. The van der Waals surface area contributed by atoms with Gasteiger partial charge in [0.2, 0.25) is 0 Å². The Bertz CT molecular complexity index is 228. The molecule has 0 aliphatic rings. The van der Waals surface area contributed by atoms with Crippen LogP contribution in [0, 0.1) is 0 Å². The van der Waals surface area contributed by atoms with Crippen LogP contribution in [-0.2, 0) is 14.1 Å². The highest BCUT2D eigenvalue weighted by molar-refractivity contribution is 7.65. The third kappa shape index (κ3) is 4.38. The van der Waals surface area contributed by atoms with Gasteiger partial charge in [-0.2, -0.15) is 0 Å². The van der Waals surface area contributed by atoms with Crippen molar-refractivity contribution in [3.8, 4) is 0 Å². The smallest absolute Gasteiger partial charge is 0.316 e. The van der Waals surface area contributed by atoms with Crippen LogP contribution in [0.5, 0.6) is 0 Å². The normalized spacial score (nSPS) is 13.6. The average molecular weight is 234 g/mol. The highest BCUT2D eigenvalue weighted by atomic mass is 31.2. The third-order valence-corrected chi connectivity index (χ3v) is 6.57. The van der Waals surface area contributed by atoms with Crippen LogP contribution in [0.1, 0.15) is 40.5 Å². The highest BCUT2D eigenvalue weighted by Crippen LogP contribution is 2.51. The van der Waals surface area contributed by atoms with E-state index < -0.39 is 12.8 Å². The first-order valence-electron chi connectivity index (χ1n) is 5.76. The minimum absolute atomic E-state index is 0.303.